The lowest BCUT2D eigenvalue weighted by Gasteiger charge is -2.12. The van der Waals surface area contributed by atoms with Crippen LogP contribution in [0.5, 0.6) is 0 Å². The van der Waals surface area contributed by atoms with Gasteiger partial charge in [-0.05, 0) is 37.8 Å². The molecule has 1 aromatic carbocycles. The summed E-state index contributed by atoms with van der Waals surface area (Å²) in [5.74, 6) is 1.08. The average Bonchev–Trinajstić information content (AvgIpc) is 2.64. The van der Waals surface area contributed by atoms with Gasteiger partial charge in [-0.25, -0.2) is 9.97 Å². The van der Waals surface area contributed by atoms with Crippen LogP contribution in [0.1, 0.15) is 30.5 Å². The highest BCUT2D eigenvalue weighted by Crippen LogP contribution is 2.34. The Hall–Kier alpha value is -1.32. The molecule has 1 aliphatic rings. The molecule has 1 heterocycles. The Balaban J connectivity index is 2.16. The molecule has 0 saturated heterocycles. The van der Waals surface area contributed by atoms with Gasteiger partial charge in [-0.15, -0.1) is 0 Å². The van der Waals surface area contributed by atoms with Gasteiger partial charge in [-0.1, -0.05) is 35.7 Å². The molecule has 0 aliphatic heterocycles. The second-order valence-corrected chi connectivity index (χ2v) is 5.83. The number of anilines is 1. The Labute approximate surface area is 128 Å². The Bertz CT molecular complexity index is 636. The highest BCUT2D eigenvalue weighted by molar-refractivity contribution is 6.38. The summed E-state index contributed by atoms with van der Waals surface area (Å²) < 4.78 is 0. The van der Waals surface area contributed by atoms with Crippen LogP contribution >= 0.6 is 23.2 Å². The molecular formula is C15H15Cl2N3. The molecular weight excluding hydrogens is 293 g/mol. The Morgan fingerprint density at radius 2 is 1.65 bits per heavy atom. The van der Waals surface area contributed by atoms with Gasteiger partial charge in [0.05, 0.1) is 15.6 Å². The predicted molar refractivity (Wildman–Crippen MR) is 83.2 cm³/mol. The van der Waals surface area contributed by atoms with Crippen LogP contribution in [0.15, 0.2) is 18.2 Å². The summed E-state index contributed by atoms with van der Waals surface area (Å²) in [4.78, 5) is 9.08. The first-order valence-corrected chi connectivity index (χ1v) is 7.52. The van der Waals surface area contributed by atoms with Gasteiger partial charge in [-0.3, -0.25) is 0 Å². The van der Waals surface area contributed by atoms with E-state index < -0.39 is 0 Å². The van der Waals surface area contributed by atoms with Crippen molar-refractivity contribution in [3.05, 3.63) is 39.5 Å². The van der Waals surface area contributed by atoms with Gasteiger partial charge in [0.2, 0.25) is 0 Å². The van der Waals surface area contributed by atoms with Gasteiger partial charge in [-0.2, -0.15) is 0 Å². The van der Waals surface area contributed by atoms with Gasteiger partial charge < -0.3 is 5.73 Å². The molecule has 0 radical (unpaired) electrons. The minimum absolute atomic E-state index is 0.527. The first kappa shape index (κ1) is 13.7. The minimum Gasteiger partial charge on any atom is -0.383 e. The van der Waals surface area contributed by atoms with E-state index in [4.69, 9.17) is 28.9 Å². The summed E-state index contributed by atoms with van der Waals surface area (Å²) >= 11 is 12.5. The van der Waals surface area contributed by atoms with Crippen LogP contribution in [0, 0.1) is 0 Å². The molecule has 2 N–H and O–H groups in total. The molecule has 0 spiro atoms. The SMILES string of the molecule is Nc1nc(-c2c(Cl)cccc2Cl)nc2c1CCCCC2. The lowest BCUT2D eigenvalue weighted by Crippen LogP contribution is -2.06. The number of benzene rings is 1. The fraction of sp³-hybridized carbons (Fsp3) is 0.333. The van der Waals surface area contributed by atoms with Crippen LogP contribution in [-0.2, 0) is 12.8 Å². The van der Waals surface area contributed by atoms with E-state index in [2.05, 4.69) is 9.97 Å². The summed E-state index contributed by atoms with van der Waals surface area (Å²) in [6, 6.07) is 5.38. The van der Waals surface area contributed by atoms with Gasteiger partial charge in [0.25, 0.3) is 0 Å². The second kappa shape index (κ2) is 5.58. The zero-order valence-electron chi connectivity index (χ0n) is 11.0. The van der Waals surface area contributed by atoms with Crippen LogP contribution in [0.2, 0.25) is 10.0 Å². The Kier molecular flexibility index (Phi) is 3.81. The molecule has 1 aromatic heterocycles. The van der Waals surface area contributed by atoms with Crippen molar-refractivity contribution in [1.82, 2.24) is 9.97 Å². The van der Waals surface area contributed by atoms with Crippen molar-refractivity contribution < 1.29 is 0 Å². The lowest BCUT2D eigenvalue weighted by atomic mass is 10.1. The number of nitrogens with two attached hydrogens (primary N) is 1. The van der Waals surface area contributed by atoms with Gasteiger partial charge in [0.15, 0.2) is 5.82 Å². The average molecular weight is 308 g/mol. The first-order valence-electron chi connectivity index (χ1n) is 6.76. The fourth-order valence-electron chi connectivity index (χ4n) is 2.62. The topological polar surface area (TPSA) is 51.8 Å². The first-order chi connectivity index (χ1) is 9.66. The summed E-state index contributed by atoms with van der Waals surface area (Å²) in [6.45, 7) is 0. The molecule has 5 heteroatoms. The van der Waals surface area contributed by atoms with E-state index in [0.29, 0.717) is 27.3 Å². The minimum atomic E-state index is 0.527. The van der Waals surface area contributed by atoms with Crippen molar-refractivity contribution in [3.63, 3.8) is 0 Å². The number of hydrogen-bond donors (Lipinski definition) is 1. The van der Waals surface area contributed by atoms with Crippen molar-refractivity contribution in [3.8, 4) is 11.4 Å². The molecule has 0 bridgehead atoms. The summed E-state index contributed by atoms with van der Waals surface area (Å²) in [7, 11) is 0. The number of nitrogen functional groups attached to an aromatic ring is 1. The van der Waals surface area contributed by atoms with Crippen molar-refractivity contribution in [2.45, 2.75) is 32.1 Å². The molecule has 0 fully saturated rings. The number of rotatable bonds is 1. The standard InChI is InChI=1S/C15H15Cl2N3/c16-10-6-4-7-11(17)13(10)15-19-12-8-3-1-2-5-9(12)14(18)20-15/h4,6-7H,1-3,5,8H2,(H2,18,19,20). The normalized spacial score (nSPS) is 14.7. The quantitative estimate of drug-likeness (QED) is 0.799. The van der Waals surface area contributed by atoms with Gasteiger partial charge >= 0.3 is 0 Å². The zero-order valence-corrected chi connectivity index (χ0v) is 12.5. The van der Waals surface area contributed by atoms with Crippen LogP contribution in [0.25, 0.3) is 11.4 Å². The number of aryl methyl sites for hydroxylation is 1. The van der Waals surface area contributed by atoms with E-state index in [-0.39, 0.29) is 0 Å². The molecule has 0 saturated carbocycles. The Morgan fingerprint density at radius 1 is 0.950 bits per heavy atom. The van der Waals surface area contributed by atoms with E-state index in [1.807, 2.05) is 0 Å². The van der Waals surface area contributed by atoms with Crippen molar-refractivity contribution in [1.29, 1.82) is 0 Å². The number of fused-ring (bicyclic) bond motifs is 1. The third kappa shape index (κ3) is 2.48. The number of hydrogen-bond acceptors (Lipinski definition) is 3. The molecule has 2 aromatic rings. The smallest absolute Gasteiger partial charge is 0.164 e. The predicted octanol–water partition coefficient (Wildman–Crippen LogP) is 4.30. The molecule has 0 amide bonds. The molecule has 104 valence electrons. The number of halogens is 2. The zero-order chi connectivity index (χ0) is 14.1. The van der Waals surface area contributed by atoms with Crippen molar-refractivity contribution in [2.24, 2.45) is 0 Å². The second-order valence-electron chi connectivity index (χ2n) is 5.02. The monoisotopic (exact) mass is 307 g/mol. The van der Waals surface area contributed by atoms with Gasteiger partial charge in [0.1, 0.15) is 5.82 Å². The summed E-state index contributed by atoms with van der Waals surface area (Å²) in [5, 5.41) is 1.09. The fourth-order valence-corrected chi connectivity index (χ4v) is 3.19. The van der Waals surface area contributed by atoms with Crippen LogP contribution in [0.3, 0.4) is 0 Å². The Morgan fingerprint density at radius 3 is 2.40 bits per heavy atom. The summed E-state index contributed by atoms with van der Waals surface area (Å²) in [6.07, 6.45) is 5.39. The van der Waals surface area contributed by atoms with E-state index in [1.54, 1.807) is 18.2 Å². The van der Waals surface area contributed by atoms with E-state index in [1.165, 1.54) is 6.42 Å². The maximum absolute atomic E-state index is 6.23. The lowest BCUT2D eigenvalue weighted by molar-refractivity contribution is 0.709. The van der Waals surface area contributed by atoms with E-state index >= 15 is 0 Å². The third-order valence-electron chi connectivity index (χ3n) is 3.65. The molecule has 0 unspecified atom stereocenters. The molecule has 0 atom stereocenters. The maximum atomic E-state index is 6.23. The number of nitrogens with zero attached hydrogens (tertiary/aromatic N) is 2. The van der Waals surface area contributed by atoms with Crippen LogP contribution in [-0.4, -0.2) is 9.97 Å². The highest BCUT2D eigenvalue weighted by Gasteiger charge is 2.18. The van der Waals surface area contributed by atoms with Gasteiger partial charge in [0, 0.05) is 11.3 Å². The van der Waals surface area contributed by atoms with E-state index in [9.17, 15) is 0 Å². The van der Waals surface area contributed by atoms with Crippen LogP contribution < -0.4 is 5.73 Å². The molecule has 20 heavy (non-hydrogen) atoms. The molecule has 3 rings (SSSR count). The van der Waals surface area contributed by atoms with E-state index in [0.717, 1.165) is 36.9 Å². The third-order valence-corrected chi connectivity index (χ3v) is 4.28. The van der Waals surface area contributed by atoms with Crippen molar-refractivity contribution in [2.75, 3.05) is 5.73 Å². The van der Waals surface area contributed by atoms with Crippen molar-refractivity contribution >= 4 is 29.0 Å². The summed E-state index contributed by atoms with van der Waals surface area (Å²) in [5.41, 5.74) is 8.91. The molecule has 1 aliphatic carbocycles. The van der Waals surface area contributed by atoms with Crippen LogP contribution in [0.4, 0.5) is 5.82 Å². The molecule has 3 nitrogen and oxygen atoms in total. The highest BCUT2D eigenvalue weighted by atomic mass is 35.5. The largest absolute Gasteiger partial charge is 0.383 e. The maximum Gasteiger partial charge on any atom is 0.164 e. The number of aromatic nitrogens is 2.